The van der Waals surface area contributed by atoms with Crippen molar-refractivity contribution in [1.29, 1.82) is 0 Å². The number of benzene rings is 1. The lowest BCUT2D eigenvalue weighted by molar-refractivity contribution is 0.286. The Labute approximate surface area is 97.7 Å². The molecule has 0 unspecified atom stereocenters. The maximum absolute atomic E-state index is 8.66. The van der Waals surface area contributed by atoms with Gasteiger partial charge in [0.2, 0.25) is 0 Å². The van der Waals surface area contributed by atoms with Crippen LogP contribution in [0.3, 0.4) is 0 Å². The lowest BCUT2D eigenvalue weighted by Gasteiger charge is -2.09. The molecular formula is C13H22N2O. The summed E-state index contributed by atoms with van der Waals surface area (Å²) in [6.45, 7) is 4.00. The highest BCUT2D eigenvalue weighted by atomic mass is 16.2. The molecule has 0 atom stereocenters. The van der Waals surface area contributed by atoms with Crippen molar-refractivity contribution in [2.75, 3.05) is 25.0 Å². The molecule has 1 aromatic rings. The molecular weight excluding hydrogens is 200 g/mol. The largest absolute Gasteiger partial charge is 0.396 e. The van der Waals surface area contributed by atoms with Gasteiger partial charge in [-0.15, -0.1) is 0 Å². The average Bonchev–Trinajstić information content (AvgIpc) is 2.28. The highest BCUT2D eigenvalue weighted by Crippen LogP contribution is 2.15. The van der Waals surface area contributed by atoms with E-state index < -0.39 is 0 Å². The van der Waals surface area contributed by atoms with Gasteiger partial charge in [0.25, 0.3) is 0 Å². The Bertz CT molecular complexity index is 313. The minimum Gasteiger partial charge on any atom is -0.396 e. The van der Waals surface area contributed by atoms with Gasteiger partial charge in [-0.25, -0.2) is 0 Å². The zero-order chi connectivity index (χ0) is 11.8. The van der Waals surface area contributed by atoms with Gasteiger partial charge in [-0.1, -0.05) is 6.07 Å². The van der Waals surface area contributed by atoms with Crippen LogP contribution in [0.15, 0.2) is 18.2 Å². The summed E-state index contributed by atoms with van der Waals surface area (Å²) in [5, 5.41) is 12.0. The maximum atomic E-state index is 8.66. The van der Waals surface area contributed by atoms with Crippen molar-refractivity contribution < 1.29 is 5.11 Å². The van der Waals surface area contributed by atoms with Crippen molar-refractivity contribution in [1.82, 2.24) is 0 Å². The molecule has 0 aliphatic rings. The summed E-state index contributed by atoms with van der Waals surface area (Å²) in [5.74, 6) is 0. The average molecular weight is 222 g/mol. The van der Waals surface area contributed by atoms with E-state index in [4.69, 9.17) is 10.8 Å². The lowest BCUT2D eigenvalue weighted by Crippen LogP contribution is -2.06. The Kier molecular flexibility index (Phi) is 5.90. The molecule has 1 rings (SSSR count). The molecule has 1 aromatic carbocycles. The van der Waals surface area contributed by atoms with Crippen LogP contribution < -0.4 is 11.1 Å². The van der Waals surface area contributed by atoms with Gasteiger partial charge in [0, 0.05) is 18.8 Å². The first-order valence-electron chi connectivity index (χ1n) is 5.92. The van der Waals surface area contributed by atoms with Crippen LogP contribution >= 0.6 is 0 Å². The number of hydrogen-bond donors (Lipinski definition) is 3. The van der Waals surface area contributed by atoms with Crippen molar-refractivity contribution in [2.24, 2.45) is 5.73 Å². The first-order chi connectivity index (χ1) is 7.77. The molecule has 4 N–H and O–H groups in total. The first-order valence-corrected chi connectivity index (χ1v) is 5.92. The topological polar surface area (TPSA) is 58.3 Å². The molecule has 0 fully saturated rings. The first kappa shape index (κ1) is 13.0. The number of anilines is 1. The van der Waals surface area contributed by atoms with E-state index in [-0.39, 0.29) is 6.61 Å². The predicted molar refractivity (Wildman–Crippen MR) is 68.7 cm³/mol. The third-order valence-corrected chi connectivity index (χ3v) is 2.67. The van der Waals surface area contributed by atoms with Gasteiger partial charge in [-0.05, 0) is 56.0 Å². The molecule has 3 heteroatoms. The molecule has 0 aliphatic carbocycles. The Morgan fingerprint density at radius 2 is 2.12 bits per heavy atom. The fraction of sp³-hybridized carbons (Fsp3) is 0.538. The van der Waals surface area contributed by atoms with E-state index in [9.17, 15) is 0 Å². The molecule has 0 spiro atoms. The van der Waals surface area contributed by atoms with Crippen LogP contribution in [0.1, 0.15) is 24.0 Å². The van der Waals surface area contributed by atoms with Gasteiger partial charge < -0.3 is 16.2 Å². The fourth-order valence-corrected chi connectivity index (χ4v) is 1.71. The van der Waals surface area contributed by atoms with Gasteiger partial charge in [-0.2, -0.15) is 0 Å². The predicted octanol–water partition coefficient (Wildman–Crippen LogP) is 1.68. The third kappa shape index (κ3) is 4.21. The Balaban J connectivity index is 2.46. The normalized spacial score (nSPS) is 10.4. The summed E-state index contributed by atoms with van der Waals surface area (Å²) in [6.07, 6.45) is 2.80. The van der Waals surface area contributed by atoms with Gasteiger partial charge >= 0.3 is 0 Å². The molecule has 0 radical (unpaired) electrons. The van der Waals surface area contributed by atoms with E-state index in [2.05, 4.69) is 30.4 Å². The fourth-order valence-electron chi connectivity index (χ4n) is 1.71. The number of aliphatic hydroxyl groups is 1. The van der Waals surface area contributed by atoms with Crippen molar-refractivity contribution in [3.63, 3.8) is 0 Å². The second kappa shape index (κ2) is 7.25. The minimum absolute atomic E-state index is 0.274. The summed E-state index contributed by atoms with van der Waals surface area (Å²) in [5.41, 5.74) is 9.30. The highest BCUT2D eigenvalue weighted by Gasteiger charge is 1.99. The molecule has 0 aromatic heterocycles. The molecule has 0 saturated carbocycles. The summed E-state index contributed by atoms with van der Waals surface area (Å²) in [4.78, 5) is 0. The van der Waals surface area contributed by atoms with Gasteiger partial charge in [0.15, 0.2) is 0 Å². The summed E-state index contributed by atoms with van der Waals surface area (Å²) < 4.78 is 0. The number of hydrogen-bond acceptors (Lipinski definition) is 3. The van der Waals surface area contributed by atoms with Crippen LogP contribution in [0.4, 0.5) is 5.69 Å². The van der Waals surface area contributed by atoms with Crippen LogP contribution in [0, 0.1) is 6.92 Å². The molecule has 0 heterocycles. The smallest absolute Gasteiger partial charge is 0.0431 e. The Morgan fingerprint density at radius 1 is 1.31 bits per heavy atom. The van der Waals surface area contributed by atoms with Crippen molar-refractivity contribution in [3.05, 3.63) is 29.3 Å². The summed E-state index contributed by atoms with van der Waals surface area (Å²) >= 11 is 0. The molecule has 0 bridgehead atoms. The van der Waals surface area contributed by atoms with Crippen LogP contribution in [0.2, 0.25) is 0 Å². The standard InChI is InChI=1S/C13H22N2O/c1-11-10-13(15-8-2-3-9-16)5-4-12(11)6-7-14/h4-5,10,15-16H,2-3,6-9,14H2,1H3. The van der Waals surface area contributed by atoms with E-state index >= 15 is 0 Å². The van der Waals surface area contributed by atoms with Crippen molar-refractivity contribution in [2.45, 2.75) is 26.2 Å². The van der Waals surface area contributed by atoms with E-state index in [1.165, 1.54) is 11.1 Å². The monoisotopic (exact) mass is 222 g/mol. The Hall–Kier alpha value is -1.06. The maximum Gasteiger partial charge on any atom is 0.0431 e. The number of aryl methyl sites for hydroxylation is 1. The van der Waals surface area contributed by atoms with E-state index in [1.54, 1.807) is 0 Å². The lowest BCUT2D eigenvalue weighted by atomic mass is 10.1. The van der Waals surface area contributed by atoms with Crippen molar-refractivity contribution in [3.8, 4) is 0 Å². The second-order valence-corrected chi connectivity index (χ2v) is 4.04. The summed E-state index contributed by atoms with van der Waals surface area (Å²) in [7, 11) is 0. The van der Waals surface area contributed by atoms with Gasteiger partial charge in [0.1, 0.15) is 0 Å². The highest BCUT2D eigenvalue weighted by molar-refractivity contribution is 5.48. The zero-order valence-corrected chi connectivity index (χ0v) is 10.00. The van der Waals surface area contributed by atoms with Crippen LogP contribution in [-0.2, 0) is 6.42 Å². The van der Waals surface area contributed by atoms with Crippen LogP contribution in [0.25, 0.3) is 0 Å². The number of nitrogens with one attached hydrogen (secondary N) is 1. The Morgan fingerprint density at radius 3 is 2.75 bits per heavy atom. The second-order valence-electron chi connectivity index (χ2n) is 4.04. The zero-order valence-electron chi connectivity index (χ0n) is 10.00. The molecule has 0 saturated heterocycles. The van der Waals surface area contributed by atoms with E-state index in [1.807, 2.05) is 0 Å². The number of rotatable bonds is 7. The van der Waals surface area contributed by atoms with Gasteiger partial charge in [0.05, 0.1) is 0 Å². The SMILES string of the molecule is Cc1cc(NCCCCO)ccc1CCN. The van der Waals surface area contributed by atoms with Crippen LogP contribution in [0.5, 0.6) is 0 Å². The van der Waals surface area contributed by atoms with E-state index in [0.29, 0.717) is 6.54 Å². The van der Waals surface area contributed by atoms with Crippen molar-refractivity contribution >= 4 is 5.69 Å². The summed E-state index contributed by atoms with van der Waals surface area (Å²) in [6, 6.07) is 6.39. The van der Waals surface area contributed by atoms with E-state index in [0.717, 1.165) is 31.5 Å². The minimum atomic E-state index is 0.274. The third-order valence-electron chi connectivity index (χ3n) is 2.67. The quantitative estimate of drug-likeness (QED) is 0.615. The molecule has 0 aliphatic heterocycles. The number of unbranched alkanes of at least 4 members (excludes halogenated alkanes) is 1. The molecule has 16 heavy (non-hydrogen) atoms. The molecule has 0 amide bonds. The number of aliphatic hydroxyl groups excluding tert-OH is 1. The van der Waals surface area contributed by atoms with Crippen LogP contribution in [-0.4, -0.2) is 24.8 Å². The number of nitrogens with two attached hydrogens (primary N) is 1. The van der Waals surface area contributed by atoms with Gasteiger partial charge in [-0.3, -0.25) is 0 Å². The molecule has 90 valence electrons. The molecule has 3 nitrogen and oxygen atoms in total.